The molecule has 2 aromatic rings. The predicted molar refractivity (Wildman–Crippen MR) is 106 cm³/mol. The Morgan fingerprint density at radius 3 is 2.70 bits per heavy atom. The predicted octanol–water partition coefficient (Wildman–Crippen LogP) is 2.03. The topological polar surface area (TPSA) is 85.2 Å². The summed E-state index contributed by atoms with van der Waals surface area (Å²) in [5.74, 6) is 0.647. The standard InChI is InChI=1S/C18H24N4O3S2/c1-14(2)10-21(16-8-9-27(24,25)12-16)17(23)11-26-18-20-19-13-22(18)15-6-4-3-5-7-15/h3-7,13-14,16H,8-12H2,1-2H3. The fourth-order valence-electron chi connectivity index (χ4n) is 3.17. The summed E-state index contributed by atoms with van der Waals surface area (Å²) in [4.78, 5) is 14.6. The Hall–Kier alpha value is -1.87. The third kappa shape index (κ3) is 5.10. The monoisotopic (exact) mass is 408 g/mol. The molecule has 1 amide bonds. The summed E-state index contributed by atoms with van der Waals surface area (Å²) in [6, 6.07) is 9.47. The zero-order valence-electron chi connectivity index (χ0n) is 15.5. The molecule has 1 fully saturated rings. The highest BCUT2D eigenvalue weighted by Crippen LogP contribution is 2.23. The van der Waals surface area contributed by atoms with Gasteiger partial charge in [0, 0.05) is 18.3 Å². The zero-order valence-corrected chi connectivity index (χ0v) is 17.1. The number of carbonyl (C=O) groups excluding carboxylic acids is 1. The van der Waals surface area contributed by atoms with E-state index in [1.807, 2.05) is 48.7 Å². The molecular weight excluding hydrogens is 384 g/mol. The largest absolute Gasteiger partial charge is 0.338 e. The Bertz CT molecular complexity index is 881. The molecule has 1 saturated heterocycles. The van der Waals surface area contributed by atoms with Gasteiger partial charge < -0.3 is 4.90 Å². The van der Waals surface area contributed by atoms with E-state index < -0.39 is 9.84 Å². The number of thioether (sulfide) groups is 1. The van der Waals surface area contributed by atoms with Crippen molar-refractivity contribution in [3.63, 3.8) is 0 Å². The molecule has 1 aromatic carbocycles. The third-order valence-corrected chi connectivity index (χ3v) is 7.09. The molecule has 0 spiro atoms. The SMILES string of the molecule is CC(C)CN(C(=O)CSc1nncn1-c1ccccc1)C1CCS(=O)(=O)C1. The number of hydrogen-bond donors (Lipinski definition) is 0. The second-order valence-electron chi connectivity index (χ2n) is 7.10. The average molecular weight is 409 g/mol. The number of rotatable bonds is 7. The van der Waals surface area contributed by atoms with Gasteiger partial charge in [0.15, 0.2) is 15.0 Å². The highest BCUT2D eigenvalue weighted by atomic mass is 32.2. The third-order valence-electron chi connectivity index (χ3n) is 4.41. The fraction of sp³-hybridized carbons (Fsp3) is 0.500. The molecule has 0 aliphatic carbocycles. The van der Waals surface area contributed by atoms with Gasteiger partial charge in [0.2, 0.25) is 5.91 Å². The number of amides is 1. The van der Waals surface area contributed by atoms with E-state index in [1.165, 1.54) is 11.8 Å². The maximum Gasteiger partial charge on any atom is 0.233 e. The number of nitrogens with zero attached hydrogens (tertiary/aromatic N) is 4. The summed E-state index contributed by atoms with van der Waals surface area (Å²) >= 11 is 1.32. The molecule has 0 radical (unpaired) electrons. The van der Waals surface area contributed by atoms with Crippen molar-refractivity contribution in [3.05, 3.63) is 36.7 Å². The van der Waals surface area contributed by atoms with Gasteiger partial charge in [-0.3, -0.25) is 9.36 Å². The molecular formula is C18H24N4O3S2. The normalized spacial score (nSPS) is 18.7. The molecule has 0 N–H and O–H groups in total. The Morgan fingerprint density at radius 2 is 2.07 bits per heavy atom. The highest BCUT2D eigenvalue weighted by molar-refractivity contribution is 7.99. The van der Waals surface area contributed by atoms with Gasteiger partial charge in [-0.15, -0.1) is 10.2 Å². The van der Waals surface area contributed by atoms with Crippen LogP contribution in [-0.4, -0.2) is 63.8 Å². The molecule has 1 aliphatic heterocycles. The van der Waals surface area contributed by atoms with Crippen LogP contribution in [0.5, 0.6) is 0 Å². The lowest BCUT2D eigenvalue weighted by Crippen LogP contribution is -2.44. The Kier molecular flexibility index (Phi) is 6.21. The molecule has 1 aromatic heterocycles. The minimum absolute atomic E-state index is 0.0570. The summed E-state index contributed by atoms with van der Waals surface area (Å²) in [6.07, 6.45) is 2.14. The molecule has 1 aliphatic rings. The summed E-state index contributed by atoms with van der Waals surface area (Å²) in [6.45, 7) is 4.62. The second-order valence-corrected chi connectivity index (χ2v) is 10.3. The lowest BCUT2D eigenvalue weighted by molar-refractivity contribution is -0.130. The van der Waals surface area contributed by atoms with Gasteiger partial charge in [0.25, 0.3) is 0 Å². The van der Waals surface area contributed by atoms with E-state index in [1.54, 1.807) is 11.2 Å². The summed E-state index contributed by atoms with van der Waals surface area (Å²) in [5.41, 5.74) is 0.929. The first-order chi connectivity index (χ1) is 12.9. The molecule has 146 valence electrons. The van der Waals surface area contributed by atoms with Gasteiger partial charge in [-0.2, -0.15) is 0 Å². The zero-order chi connectivity index (χ0) is 19.4. The number of hydrogen-bond acceptors (Lipinski definition) is 6. The van der Waals surface area contributed by atoms with Gasteiger partial charge >= 0.3 is 0 Å². The maximum absolute atomic E-state index is 12.9. The van der Waals surface area contributed by atoms with Crippen molar-refractivity contribution >= 4 is 27.5 Å². The first kappa shape index (κ1) is 19.9. The van der Waals surface area contributed by atoms with E-state index in [0.29, 0.717) is 18.1 Å². The van der Waals surface area contributed by atoms with E-state index >= 15 is 0 Å². The quantitative estimate of drug-likeness (QED) is 0.652. The Labute approximate surface area is 164 Å². The van der Waals surface area contributed by atoms with Crippen molar-refractivity contribution in [1.82, 2.24) is 19.7 Å². The lowest BCUT2D eigenvalue weighted by atomic mass is 10.1. The van der Waals surface area contributed by atoms with Crippen LogP contribution in [0.2, 0.25) is 0 Å². The van der Waals surface area contributed by atoms with Crippen molar-refractivity contribution in [2.75, 3.05) is 23.8 Å². The Balaban J connectivity index is 1.69. The highest BCUT2D eigenvalue weighted by Gasteiger charge is 2.34. The van der Waals surface area contributed by atoms with E-state index in [-0.39, 0.29) is 35.1 Å². The van der Waals surface area contributed by atoms with Crippen molar-refractivity contribution in [1.29, 1.82) is 0 Å². The molecule has 27 heavy (non-hydrogen) atoms. The van der Waals surface area contributed by atoms with E-state index in [4.69, 9.17) is 0 Å². The van der Waals surface area contributed by atoms with E-state index in [2.05, 4.69) is 10.2 Å². The van der Waals surface area contributed by atoms with Gasteiger partial charge in [-0.25, -0.2) is 8.42 Å². The van der Waals surface area contributed by atoms with E-state index in [9.17, 15) is 13.2 Å². The smallest absolute Gasteiger partial charge is 0.233 e. The van der Waals surface area contributed by atoms with E-state index in [0.717, 1.165) is 5.69 Å². The fourth-order valence-corrected chi connectivity index (χ4v) is 5.71. The number of carbonyl (C=O) groups is 1. The number of para-hydroxylation sites is 1. The van der Waals surface area contributed by atoms with Crippen LogP contribution in [0.3, 0.4) is 0 Å². The first-order valence-corrected chi connectivity index (χ1v) is 11.7. The lowest BCUT2D eigenvalue weighted by Gasteiger charge is -2.29. The molecule has 2 heterocycles. The number of sulfone groups is 1. The van der Waals surface area contributed by atoms with Crippen LogP contribution in [0.25, 0.3) is 5.69 Å². The molecule has 7 nitrogen and oxygen atoms in total. The summed E-state index contributed by atoms with van der Waals surface area (Å²) < 4.78 is 25.5. The number of aromatic nitrogens is 3. The molecule has 0 saturated carbocycles. The van der Waals surface area contributed by atoms with Crippen molar-refractivity contribution in [2.24, 2.45) is 5.92 Å². The molecule has 3 rings (SSSR count). The molecule has 0 bridgehead atoms. The van der Waals surface area contributed by atoms with Crippen molar-refractivity contribution < 1.29 is 13.2 Å². The van der Waals surface area contributed by atoms with Gasteiger partial charge in [-0.1, -0.05) is 43.8 Å². The van der Waals surface area contributed by atoms with Crippen molar-refractivity contribution in [3.8, 4) is 5.69 Å². The Morgan fingerprint density at radius 1 is 1.33 bits per heavy atom. The maximum atomic E-state index is 12.9. The van der Waals surface area contributed by atoms with Crippen LogP contribution in [0.15, 0.2) is 41.8 Å². The second kappa shape index (κ2) is 8.43. The minimum Gasteiger partial charge on any atom is -0.338 e. The summed E-state index contributed by atoms with van der Waals surface area (Å²) in [5, 5.41) is 8.71. The van der Waals surface area contributed by atoms with Crippen LogP contribution in [0.4, 0.5) is 0 Å². The van der Waals surface area contributed by atoms with Crippen molar-refractivity contribution in [2.45, 2.75) is 31.5 Å². The van der Waals surface area contributed by atoms with Crippen LogP contribution in [0.1, 0.15) is 20.3 Å². The molecule has 9 heteroatoms. The minimum atomic E-state index is -3.04. The summed E-state index contributed by atoms with van der Waals surface area (Å²) in [7, 11) is -3.04. The van der Waals surface area contributed by atoms with Crippen LogP contribution >= 0.6 is 11.8 Å². The molecule has 1 unspecified atom stereocenters. The van der Waals surface area contributed by atoms with Crippen LogP contribution < -0.4 is 0 Å². The van der Waals surface area contributed by atoms with Crippen LogP contribution in [-0.2, 0) is 14.6 Å². The van der Waals surface area contributed by atoms with Crippen LogP contribution in [0, 0.1) is 5.92 Å². The van der Waals surface area contributed by atoms with Gasteiger partial charge in [0.1, 0.15) is 6.33 Å². The average Bonchev–Trinajstić information content (AvgIpc) is 3.24. The van der Waals surface area contributed by atoms with Gasteiger partial charge in [0.05, 0.1) is 17.3 Å². The molecule has 1 atom stereocenters. The number of benzene rings is 1. The first-order valence-electron chi connectivity index (χ1n) is 8.94. The van der Waals surface area contributed by atoms with Gasteiger partial charge in [-0.05, 0) is 24.5 Å².